The zero-order chi connectivity index (χ0) is 12.3. The number of nitriles is 1. The summed E-state index contributed by atoms with van der Waals surface area (Å²) in [6.45, 7) is 0. The summed E-state index contributed by atoms with van der Waals surface area (Å²) < 4.78 is 37.9. The van der Waals surface area contributed by atoms with E-state index in [0.29, 0.717) is 6.20 Å². The van der Waals surface area contributed by atoms with E-state index >= 15 is 0 Å². The Hall–Kier alpha value is -2.10. The number of carboxylic acids is 1. The first-order valence-electron chi connectivity index (χ1n) is 4.04. The van der Waals surface area contributed by atoms with Crippen LogP contribution < -0.4 is 0 Å². The molecule has 1 heterocycles. The van der Waals surface area contributed by atoms with Gasteiger partial charge in [-0.2, -0.15) is 9.65 Å². The van der Waals surface area contributed by atoms with Crippen LogP contribution in [0.15, 0.2) is 6.20 Å². The number of pyridine rings is 1. The molecule has 0 radical (unpaired) electrons. The number of alkyl halides is 2. The molecule has 0 saturated carbocycles. The first-order valence-corrected chi connectivity index (χ1v) is 4.04. The van der Waals surface area contributed by atoms with E-state index in [1.165, 1.54) is 6.07 Å². The third kappa shape index (κ3) is 2.28. The average Bonchev–Trinajstić information content (AvgIpc) is 2.19. The van der Waals surface area contributed by atoms with Crippen molar-refractivity contribution < 1.29 is 23.1 Å². The minimum atomic E-state index is -3.00. The van der Waals surface area contributed by atoms with Crippen molar-refractivity contribution >= 4 is 5.97 Å². The van der Waals surface area contributed by atoms with E-state index in [1.54, 1.807) is 0 Å². The van der Waals surface area contributed by atoms with E-state index < -0.39 is 41.5 Å². The van der Waals surface area contributed by atoms with Crippen LogP contribution in [0, 0.1) is 17.3 Å². The highest BCUT2D eigenvalue weighted by Crippen LogP contribution is 2.25. The lowest BCUT2D eigenvalue weighted by Gasteiger charge is -2.07. The van der Waals surface area contributed by atoms with Gasteiger partial charge in [0.2, 0.25) is 5.95 Å². The number of hydrogen-bond acceptors (Lipinski definition) is 3. The van der Waals surface area contributed by atoms with Gasteiger partial charge >= 0.3 is 5.97 Å². The molecule has 16 heavy (non-hydrogen) atoms. The Balaban J connectivity index is 3.39. The number of hydrogen-bond donors (Lipinski definition) is 1. The summed E-state index contributed by atoms with van der Waals surface area (Å²) in [7, 11) is 0. The van der Waals surface area contributed by atoms with Crippen molar-refractivity contribution in [3.8, 4) is 6.07 Å². The van der Waals surface area contributed by atoms with E-state index in [2.05, 4.69) is 4.98 Å². The van der Waals surface area contributed by atoms with Gasteiger partial charge in [-0.25, -0.2) is 13.8 Å². The van der Waals surface area contributed by atoms with E-state index in [0.717, 1.165) is 0 Å². The van der Waals surface area contributed by atoms with Crippen LogP contribution in [0.1, 0.15) is 23.1 Å². The van der Waals surface area contributed by atoms with Crippen molar-refractivity contribution in [2.24, 2.45) is 0 Å². The molecule has 0 aromatic carbocycles. The van der Waals surface area contributed by atoms with Gasteiger partial charge in [0.1, 0.15) is 6.07 Å². The zero-order valence-corrected chi connectivity index (χ0v) is 7.75. The largest absolute Gasteiger partial charge is 0.481 e. The normalized spacial score (nSPS) is 10.2. The minimum absolute atomic E-state index is 0.532. The van der Waals surface area contributed by atoms with Crippen LogP contribution in [-0.4, -0.2) is 16.1 Å². The van der Waals surface area contributed by atoms with Crippen molar-refractivity contribution in [1.29, 1.82) is 5.26 Å². The molecule has 1 aromatic heterocycles. The van der Waals surface area contributed by atoms with Crippen LogP contribution in [-0.2, 0) is 11.2 Å². The van der Waals surface area contributed by atoms with Gasteiger partial charge in [0.05, 0.1) is 17.5 Å². The first-order chi connectivity index (χ1) is 7.47. The smallest absolute Gasteiger partial charge is 0.308 e. The molecule has 0 amide bonds. The third-order valence-electron chi connectivity index (χ3n) is 1.83. The summed E-state index contributed by atoms with van der Waals surface area (Å²) in [4.78, 5) is 13.4. The highest BCUT2D eigenvalue weighted by atomic mass is 19.3. The maximum atomic E-state index is 13.1. The topological polar surface area (TPSA) is 74.0 Å². The molecule has 1 aromatic rings. The molecule has 84 valence electrons. The molecular formula is C9H5F3N2O2. The summed E-state index contributed by atoms with van der Waals surface area (Å²) in [5.74, 6) is -2.65. The SMILES string of the molecule is N#Cc1c(C(F)F)cnc(F)c1CC(=O)O. The second-order valence-corrected chi connectivity index (χ2v) is 2.84. The average molecular weight is 230 g/mol. The van der Waals surface area contributed by atoms with E-state index in [9.17, 15) is 18.0 Å². The molecule has 4 nitrogen and oxygen atoms in total. The van der Waals surface area contributed by atoms with Gasteiger partial charge in [0.25, 0.3) is 6.43 Å². The van der Waals surface area contributed by atoms with Crippen LogP contribution in [0.3, 0.4) is 0 Å². The number of carboxylic acid groups (broad SMARTS) is 1. The van der Waals surface area contributed by atoms with E-state index in [1.807, 2.05) is 0 Å². The molecule has 0 aliphatic heterocycles. The molecule has 1 rings (SSSR count). The summed E-state index contributed by atoms with van der Waals surface area (Å²) in [6, 6.07) is 1.37. The molecule has 0 fully saturated rings. The van der Waals surface area contributed by atoms with Crippen molar-refractivity contribution in [1.82, 2.24) is 4.98 Å². The maximum Gasteiger partial charge on any atom is 0.308 e. The molecule has 0 aliphatic carbocycles. The Bertz CT molecular complexity index is 469. The Morgan fingerprint density at radius 1 is 1.62 bits per heavy atom. The molecule has 0 aliphatic rings. The standard InChI is InChI=1S/C9H5F3N2O2/c10-8(11)6-3-14-9(12)4(1-7(15)16)5(6)2-13/h3,8H,1H2,(H,15,16). The van der Waals surface area contributed by atoms with Crippen molar-refractivity contribution in [2.45, 2.75) is 12.8 Å². The van der Waals surface area contributed by atoms with Crippen molar-refractivity contribution in [2.75, 3.05) is 0 Å². The van der Waals surface area contributed by atoms with Gasteiger partial charge in [0, 0.05) is 11.8 Å². The highest BCUT2D eigenvalue weighted by molar-refractivity contribution is 5.71. The summed E-state index contributed by atoms with van der Waals surface area (Å²) in [5.41, 5.74) is -2.04. The maximum absolute atomic E-state index is 13.1. The summed E-state index contributed by atoms with van der Waals surface area (Å²) >= 11 is 0. The molecule has 0 saturated heterocycles. The second kappa shape index (κ2) is 4.61. The van der Waals surface area contributed by atoms with E-state index in [4.69, 9.17) is 10.4 Å². The van der Waals surface area contributed by atoms with Gasteiger partial charge in [0.15, 0.2) is 0 Å². The number of nitrogens with zero attached hydrogens (tertiary/aromatic N) is 2. The van der Waals surface area contributed by atoms with Gasteiger partial charge in [-0.1, -0.05) is 0 Å². The van der Waals surface area contributed by atoms with Gasteiger partial charge in [-0.3, -0.25) is 4.79 Å². The molecule has 0 atom stereocenters. The fourth-order valence-electron chi connectivity index (χ4n) is 1.16. The van der Waals surface area contributed by atoms with Crippen molar-refractivity contribution in [3.63, 3.8) is 0 Å². The molecule has 1 N–H and O–H groups in total. The molecule has 0 unspecified atom stereocenters. The Morgan fingerprint density at radius 3 is 2.69 bits per heavy atom. The van der Waals surface area contributed by atoms with Gasteiger partial charge in [-0.05, 0) is 0 Å². The van der Waals surface area contributed by atoms with Gasteiger partial charge < -0.3 is 5.11 Å². The fourth-order valence-corrected chi connectivity index (χ4v) is 1.16. The molecule has 0 bridgehead atoms. The quantitative estimate of drug-likeness (QED) is 0.801. The second-order valence-electron chi connectivity index (χ2n) is 2.84. The Labute approximate surface area is 88.0 Å². The number of carbonyl (C=O) groups is 1. The van der Waals surface area contributed by atoms with Crippen LogP contribution in [0.25, 0.3) is 0 Å². The predicted octanol–water partition coefficient (Wildman–Crippen LogP) is 1.66. The van der Waals surface area contributed by atoms with Crippen LogP contribution in [0.2, 0.25) is 0 Å². The first kappa shape index (κ1) is 12.0. The summed E-state index contributed by atoms with van der Waals surface area (Å²) in [6.07, 6.45) is -3.33. The number of aromatic nitrogens is 1. The molecule has 7 heteroatoms. The number of halogens is 3. The lowest BCUT2D eigenvalue weighted by molar-refractivity contribution is -0.136. The van der Waals surface area contributed by atoms with Crippen LogP contribution in [0.5, 0.6) is 0 Å². The fraction of sp³-hybridized carbons (Fsp3) is 0.222. The Kier molecular flexibility index (Phi) is 3.45. The highest BCUT2D eigenvalue weighted by Gasteiger charge is 2.21. The lowest BCUT2D eigenvalue weighted by Crippen LogP contribution is -2.09. The van der Waals surface area contributed by atoms with E-state index in [-0.39, 0.29) is 0 Å². The molecule has 0 spiro atoms. The van der Waals surface area contributed by atoms with Crippen molar-refractivity contribution in [3.05, 3.63) is 28.8 Å². The van der Waals surface area contributed by atoms with Gasteiger partial charge in [-0.15, -0.1) is 0 Å². The predicted molar refractivity (Wildman–Crippen MR) is 45.2 cm³/mol. The lowest BCUT2D eigenvalue weighted by atomic mass is 10.0. The third-order valence-corrected chi connectivity index (χ3v) is 1.83. The number of rotatable bonds is 3. The minimum Gasteiger partial charge on any atom is -0.481 e. The van der Waals surface area contributed by atoms with Crippen LogP contribution in [0.4, 0.5) is 13.2 Å². The monoisotopic (exact) mass is 230 g/mol. The number of aliphatic carboxylic acids is 1. The molecular weight excluding hydrogens is 225 g/mol. The zero-order valence-electron chi connectivity index (χ0n) is 7.75. The Morgan fingerprint density at radius 2 is 2.25 bits per heavy atom. The summed E-state index contributed by atoms with van der Waals surface area (Å²) in [5, 5.41) is 17.1. The van der Waals surface area contributed by atoms with Crippen LogP contribution >= 0.6 is 0 Å².